The van der Waals surface area contributed by atoms with E-state index in [1.54, 1.807) is 0 Å². The second kappa shape index (κ2) is 3.62. The SMILES string of the molecule is O=C[CH]OC1CCCC1. The summed E-state index contributed by atoms with van der Waals surface area (Å²) in [6.07, 6.45) is 5.75. The first kappa shape index (κ1) is 6.75. The van der Waals surface area contributed by atoms with Crippen LogP contribution in [0, 0.1) is 6.61 Å². The van der Waals surface area contributed by atoms with Crippen LogP contribution in [0.3, 0.4) is 0 Å². The number of hydrogen-bond donors (Lipinski definition) is 0. The van der Waals surface area contributed by atoms with Crippen molar-refractivity contribution in [2.24, 2.45) is 0 Å². The van der Waals surface area contributed by atoms with E-state index in [4.69, 9.17) is 4.74 Å². The zero-order chi connectivity index (χ0) is 6.53. The van der Waals surface area contributed by atoms with Gasteiger partial charge < -0.3 is 9.53 Å². The van der Waals surface area contributed by atoms with Gasteiger partial charge in [-0.15, -0.1) is 0 Å². The topological polar surface area (TPSA) is 26.3 Å². The lowest BCUT2D eigenvalue weighted by Crippen LogP contribution is -2.04. The molecule has 51 valence electrons. The minimum Gasteiger partial charge on any atom is -0.364 e. The van der Waals surface area contributed by atoms with Crippen LogP contribution in [0.1, 0.15) is 25.7 Å². The molecule has 1 fully saturated rings. The maximum absolute atomic E-state index is 9.78. The molecule has 2 heteroatoms. The Hall–Kier alpha value is -0.370. The van der Waals surface area contributed by atoms with Gasteiger partial charge in [0.25, 0.3) is 0 Å². The Balaban J connectivity index is 2.04. The first-order valence-corrected chi connectivity index (χ1v) is 3.36. The van der Waals surface area contributed by atoms with Crippen LogP contribution in [0.2, 0.25) is 0 Å². The molecule has 1 radical (unpaired) electrons. The van der Waals surface area contributed by atoms with E-state index in [0.717, 1.165) is 12.8 Å². The molecule has 0 unspecified atom stereocenters. The Morgan fingerprint density at radius 1 is 1.33 bits per heavy atom. The lowest BCUT2D eigenvalue weighted by atomic mass is 10.3. The summed E-state index contributed by atoms with van der Waals surface area (Å²) in [6.45, 7) is 1.25. The van der Waals surface area contributed by atoms with E-state index in [9.17, 15) is 4.79 Å². The molecule has 0 amide bonds. The fourth-order valence-corrected chi connectivity index (χ4v) is 1.17. The van der Waals surface area contributed by atoms with Crippen LogP contribution in [0.25, 0.3) is 0 Å². The second-order valence-electron chi connectivity index (χ2n) is 2.31. The normalized spacial score (nSPS) is 20.4. The summed E-state index contributed by atoms with van der Waals surface area (Å²) in [7, 11) is 0. The first-order valence-electron chi connectivity index (χ1n) is 3.36. The molecule has 9 heavy (non-hydrogen) atoms. The third-order valence-electron chi connectivity index (χ3n) is 1.63. The van der Waals surface area contributed by atoms with Crippen molar-refractivity contribution in [3.63, 3.8) is 0 Å². The molecule has 0 atom stereocenters. The Morgan fingerprint density at radius 3 is 2.56 bits per heavy atom. The van der Waals surface area contributed by atoms with Crippen molar-refractivity contribution in [3.8, 4) is 0 Å². The number of ether oxygens (including phenoxy) is 1. The molecule has 0 N–H and O–H groups in total. The smallest absolute Gasteiger partial charge is 0.151 e. The number of aldehydes is 1. The molecular formula is C7H11O2. The van der Waals surface area contributed by atoms with E-state index in [-0.39, 0.29) is 0 Å². The van der Waals surface area contributed by atoms with Crippen molar-refractivity contribution in [3.05, 3.63) is 6.61 Å². The van der Waals surface area contributed by atoms with E-state index < -0.39 is 0 Å². The zero-order valence-corrected chi connectivity index (χ0v) is 5.38. The zero-order valence-electron chi connectivity index (χ0n) is 5.38. The molecule has 1 rings (SSSR count). The predicted molar refractivity (Wildman–Crippen MR) is 33.7 cm³/mol. The monoisotopic (exact) mass is 127 g/mol. The Labute approximate surface area is 55.2 Å². The molecule has 1 saturated carbocycles. The molecule has 1 aliphatic rings. The Bertz CT molecular complexity index is 84.9. The van der Waals surface area contributed by atoms with E-state index in [2.05, 4.69) is 0 Å². The molecule has 0 spiro atoms. The number of carbonyl (C=O) groups is 1. The minimum absolute atomic E-state index is 0.329. The number of carbonyl (C=O) groups excluding carboxylic acids is 1. The largest absolute Gasteiger partial charge is 0.364 e. The van der Waals surface area contributed by atoms with E-state index in [0.29, 0.717) is 12.4 Å². The molecule has 2 nitrogen and oxygen atoms in total. The van der Waals surface area contributed by atoms with Crippen LogP contribution >= 0.6 is 0 Å². The van der Waals surface area contributed by atoms with Gasteiger partial charge in [-0.05, 0) is 12.8 Å². The van der Waals surface area contributed by atoms with E-state index in [1.165, 1.54) is 19.4 Å². The van der Waals surface area contributed by atoms with Gasteiger partial charge in [0.2, 0.25) is 0 Å². The van der Waals surface area contributed by atoms with Gasteiger partial charge in [0.1, 0.15) is 6.61 Å². The third-order valence-corrected chi connectivity index (χ3v) is 1.63. The fraction of sp³-hybridized carbons (Fsp3) is 0.714. The molecule has 1 aliphatic carbocycles. The third kappa shape index (κ3) is 2.14. The van der Waals surface area contributed by atoms with Crippen LogP contribution in [0.15, 0.2) is 0 Å². The van der Waals surface area contributed by atoms with Gasteiger partial charge in [-0.1, -0.05) is 12.8 Å². The van der Waals surface area contributed by atoms with Gasteiger partial charge in [0.05, 0.1) is 6.10 Å². The summed E-state index contributed by atoms with van der Waals surface area (Å²) in [5.41, 5.74) is 0. The lowest BCUT2D eigenvalue weighted by Gasteiger charge is -2.05. The fourth-order valence-electron chi connectivity index (χ4n) is 1.17. The summed E-state index contributed by atoms with van der Waals surface area (Å²) < 4.78 is 5.06. The predicted octanol–water partition coefficient (Wildman–Crippen LogP) is 1.31. The summed E-state index contributed by atoms with van der Waals surface area (Å²) in [5, 5.41) is 0. The van der Waals surface area contributed by atoms with Crippen molar-refractivity contribution in [1.29, 1.82) is 0 Å². The van der Waals surface area contributed by atoms with Crippen LogP contribution in [0.4, 0.5) is 0 Å². The molecule has 0 heterocycles. The number of hydrogen-bond acceptors (Lipinski definition) is 2. The second-order valence-corrected chi connectivity index (χ2v) is 2.31. The maximum atomic E-state index is 9.78. The van der Waals surface area contributed by atoms with Crippen LogP contribution in [0.5, 0.6) is 0 Å². The Kier molecular flexibility index (Phi) is 2.71. The quantitative estimate of drug-likeness (QED) is 0.534. The maximum Gasteiger partial charge on any atom is 0.151 e. The highest BCUT2D eigenvalue weighted by atomic mass is 16.5. The van der Waals surface area contributed by atoms with Crippen molar-refractivity contribution in [2.45, 2.75) is 31.8 Å². The van der Waals surface area contributed by atoms with Gasteiger partial charge in [-0.2, -0.15) is 0 Å². The van der Waals surface area contributed by atoms with Gasteiger partial charge in [-0.3, -0.25) is 0 Å². The highest BCUT2D eigenvalue weighted by Crippen LogP contribution is 2.20. The molecule has 0 saturated heterocycles. The average Bonchev–Trinajstić information content (AvgIpc) is 2.34. The van der Waals surface area contributed by atoms with Crippen molar-refractivity contribution in [2.75, 3.05) is 0 Å². The average molecular weight is 127 g/mol. The summed E-state index contributed by atoms with van der Waals surface area (Å²) in [6, 6.07) is 0. The molecule has 0 aromatic heterocycles. The molecule has 0 aliphatic heterocycles. The molecule has 0 bridgehead atoms. The van der Waals surface area contributed by atoms with Gasteiger partial charge in [0, 0.05) is 0 Å². The van der Waals surface area contributed by atoms with E-state index >= 15 is 0 Å². The highest BCUT2D eigenvalue weighted by molar-refractivity contribution is 5.58. The summed E-state index contributed by atoms with van der Waals surface area (Å²) in [5.74, 6) is 0. The van der Waals surface area contributed by atoms with Crippen LogP contribution < -0.4 is 0 Å². The van der Waals surface area contributed by atoms with Crippen LogP contribution in [-0.2, 0) is 9.53 Å². The van der Waals surface area contributed by atoms with Crippen molar-refractivity contribution in [1.82, 2.24) is 0 Å². The molecule has 0 aromatic carbocycles. The van der Waals surface area contributed by atoms with Gasteiger partial charge in [0.15, 0.2) is 6.29 Å². The van der Waals surface area contributed by atoms with Crippen molar-refractivity contribution < 1.29 is 9.53 Å². The Morgan fingerprint density at radius 2 is 2.00 bits per heavy atom. The first-order chi connectivity index (χ1) is 4.43. The number of rotatable bonds is 3. The minimum atomic E-state index is 0.329. The lowest BCUT2D eigenvalue weighted by molar-refractivity contribution is -0.109. The molecule has 0 aromatic rings. The summed E-state index contributed by atoms with van der Waals surface area (Å²) in [4.78, 5) is 9.78. The highest BCUT2D eigenvalue weighted by Gasteiger charge is 2.14. The molecular weight excluding hydrogens is 116 g/mol. The van der Waals surface area contributed by atoms with Crippen molar-refractivity contribution >= 4 is 6.29 Å². The van der Waals surface area contributed by atoms with Crippen LogP contribution in [-0.4, -0.2) is 12.4 Å². The standard InChI is InChI=1S/C7H11O2/c8-5-6-9-7-3-1-2-4-7/h5-7H,1-4H2. The summed E-state index contributed by atoms with van der Waals surface area (Å²) >= 11 is 0. The van der Waals surface area contributed by atoms with Gasteiger partial charge >= 0.3 is 0 Å². The van der Waals surface area contributed by atoms with E-state index in [1.807, 2.05) is 0 Å². The van der Waals surface area contributed by atoms with Gasteiger partial charge in [-0.25, -0.2) is 0 Å².